The fraction of sp³-hybridized carbons (Fsp3) is 0.438. The van der Waals surface area contributed by atoms with Gasteiger partial charge in [-0.05, 0) is 31.0 Å². The third-order valence-corrected chi connectivity index (χ3v) is 4.65. The number of H-pyrrole nitrogens is 1. The second-order valence-electron chi connectivity index (χ2n) is 5.95. The smallest absolute Gasteiger partial charge is 0.274 e. The van der Waals surface area contributed by atoms with Crippen LogP contribution in [0.25, 0.3) is 11.4 Å². The van der Waals surface area contributed by atoms with E-state index in [0.717, 1.165) is 50.4 Å². The molecule has 22 heavy (non-hydrogen) atoms. The molecular weight excluding hydrogens is 278 g/mol. The molecule has 3 aliphatic rings. The number of rotatable bonds is 2. The number of nitrogens with zero attached hydrogens (tertiary/aromatic N) is 4. The summed E-state index contributed by atoms with van der Waals surface area (Å²) in [4.78, 5) is 21.5. The molecule has 5 rings (SSSR count). The van der Waals surface area contributed by atoms with Crippen LogP contribution < -0.4 is 0 Å². The van der Waals surface area contributed by atoms with E-state index in [1.165, 1.54) is 0 Å². The number of carbonyl (C=O) groups excluding carboxylic acids is 1. The van der Waals surface area contributed by atoms with Crippen LogP contribution in [0, 0.1) is 0 Å². The van der Waals surface area contributed by atoms with Crippen LogP contribution >= 0.6 is 0 Å². The monoisotopic (exact) mass is 297 g/mol. The molecule has 0 radical (unpaired) electrons. The van der Waals surface area contributed by atoms with E-state index in [4.69, 9.17) is 0 Å². The van der Waals surface area contributed by atoms with Gasteiger partial charge in [0.05, 0.1) is 11.4 Å². The number of carbonyl (C=O) groups is 1. The Kier molecular flexibility index (Phi) is 3.38. The summed E-state index contributed by atoms with van der Waals surface area (Å²) in [6.45, 7) is 3.98. The van der Waals surface area contributed by atoms with E-state index in [9.17, 15) is 4.79 Å². The van der Waals surface area contributed by atoms with Gasteiger partial charge >= 0.3 is 0 Å². The van der Waals surface area contributed by atoms with Crippen LogP contribution in [0.2, 0.25) is 0 Å². The van der Waals surface area contributed by atoms with Crippen LogP contribution in [0.4, 0.5) is 0 Å². The molecule has 3 aliphatic heterocycles. The Morgan fingerprint density at radius 3 is 2.82 bits per heavy atom. The number of hydrogen-bond acceptors (Lipinski definition) is 4. The second kappa shape index (κ2) is 5.53. The average Bonchev–Trinajstić information content (AvgIpc) is 2.88. The summed E-state index contributed by atoms with van der Waals surface area (Å²) in [5, 5.41) is 7.14. The van der Waals surface area contributed by atoms with Crippen molar-refractivity contribution in [1.29, 1.82) is 0 Å². The van der Waals surface area contributed by atoms with Gasteiger partial charge in [-0.25, -0.2) is 0 Å². The van der Waals surface area contributed by atoms with Gasteiger partial charge < -0.3 is 9.80 Å². The zero-order chi connectivity index (χ0) is 14.9. The second-order valence-corrected chi connectivity index (χ2v) is 5.95. The van der Waals surface area contributed by atoms with Gasteiger partial charge in [0, 0.05) is 38.4 Å². The lowest BCUT2D eigenvalue weighted by Gasteiger charge is -2.30. The summed E-state index contributed by atoms with van der Waals surface area (Å²) in [5.41, 5.74) is 2.07. The number of aromatic amines is 1. The Balaban J connectivity index is 1.57. The van der Waals surface area contributed by atoms with Crippen LogP contribution in [0.5, 0.6) is 0 Å². The fourth-order valence-corrected chi connectivity index (χ4v) is 3.39. The molecule has 6 heteroatoms. The molecule has 0 spiro atoms. The molecule has 114 valence electrons. The van der Waals surface area contributed by atoms with E-state index in [1.54, 1.807) is 6.20 Å². The van der Waals surface area contributed by atoms with Crippen molar-refractivity contribution in [2.75, 3.05) is 26.2 Å². The van der Waals surface area contributed by atoms with Gasteiger partial charge in [-0.1, -0.05) is 6.07 Å². The largest absolute Gasteiger partial charge is 0.333 e. The standard InChI is InChI=1S/C16H19N5O/c22-16(21-10-9-20-7-4-12(21)5-8-20)15-11-14(18-19-15)13-3-1-2-6-17-13/h1-3,6,11-12H,4-5,7-10H2,(H,18,19). The Labute approximate surface area is 129 Å². The van der Waals surface area contributed by atoms with Crippen LogP contribution in [0.15, 0.2) is 30.5 Å². The van der Waals surface area contributed by atoms with Crippen molar-refractivity contribution in [2.45, 2.75) is 18.9 Å². The first-order chi connectivity index (χ1) is 10.8. The molecule has 0 saturated carbocycles. The SMILES string of the molecule is O=C(c1cc(-c2ccccn2)[nH]n1)N1CCN2CCC1CC2. The highest BCUT2D eigenvalue weighted by Crippen LogP contribution is 2.23. The van der Waals surface area contributed by atoms with E-state index >= 15 is 0 Å². The van der Waals surface area contributed by atoms with Gasteiger partial charge in [-0.15, -0.1) is 0 Å². The summed E-state index contributed by atoms with van der Waals surface area (Å²) >= 11 is 0. The minimum Gasteiger partial charge on any atom is -0.333 e. The third-order valence-electron chi connectivity index (χ3n) is 4.65. The highest BCUT2D eigenvalue weighted by atomic mass is 16.2. The van der Waals surface area contributed by atoms with E-state index in [2.05, 4.69) is 20.1 Å². The lowest BCUT2D eigenvalue weighted by molar-refractivity contribution is 0.0679. The topological polar surface area (TPSA) is 65.1 Å². The van der Waals surface area contributed by atoms with Gasteiger partial charge in [0.15, 0.2) is 5.69 Å². The first-order valence-corrected chi connectivity index (χ1v) is 7.81. The van der Waals surface area contributed by atoms with Gasteiger partial charge in [-0.3, -0.25) is 14.9 Å². The maximum atomic E-state index is 12.8. The molecule has 0 atom stereocenters. The average molecular weight is 297 g/mol. The highest BCUT2D eigenvalue weighted by molar-refractivity contribution is 5.93. The number of hydrogen-bond donors (Lipinski definition) is 1. The summed E-state index contributed by atoms with van der Waals surface area (Å²) in [7, 11) is 0. The summed E-state index contributed by atoms with van der Waals surface area (Å²) in [6, 6.07) is 7.87. The van der Waals surface area contributed by atoms with Crippen molar-refractivity contribution < 1.29 is 4.79 Å². The number of fused-ring (bicyclic) bond motifs is 4. The van der Waals surface area contributed by atoms with Crippen molar-refractivity contribution in [3.05, 3.63) is 36.2 Å². The molecule has 0 unspecified atom stereocenters. The van der Waals surface area contributed by atoms with Gasteiger partial charge in [0.2, 0.25) is 0 Å². The van der Waals surface area contributed by atoms with E-state index in [1.807, 2.05) is 29.2 Å². The van der Waals surface area contributed by atoms with Crippen molar-refractivity contribution in [3.8, 4) is 11.4 Å². The van der Waals surface area contributed by atoms with Crippen molar-refractivity contribution in [3.63, 3.8) is 0 Å². The first kappa shape index (κ1) is 13.5. The number of pyridine rings is 1. The van der Waals surface area contributed by atoms with Crippen LogP contribution in [0.1, 0.15) is 23.3 Å². The molecule has 5 heterocycles. The molecule has 3 saturated heterocycles. The Morgan fingerprint density at radius 2 is 2.05 bits per heavy atom. The minimum atomic E-state index is 0.0344. The van der Waals surface area contributed by atoms with Gasteiger partial charge in [-0.2, -0.15) is 5.10 Å². The van der Waals surface area contributed by atoms with Crippen molar-refractivity contribution in [1.82, 2.24) is 25.0 Å². The minimum absolute atomic E-state index is 0.0344. The summed E-state index contributed by atoms with van der Waals surface area (Å²) < 4.78 is 0. The molecular formula is C16H19N5O. The fourth-order valence-electron chi connectivity index (χ4n) is 3.39. The number of nitrogens with one attached hydrogen (secondary N) is 1. The molecule has 2 bridgehead atoms. The van der Waals surface area contributed by atoms with E-state index in [-0.39, 0.29) is 5.91 Å². The predicted molar refractivity (Wildman–Crippen MR) is 82.3 cm³/mol. The lowest BCUT2D eigenvalue weighted by atomic mass is 10.0. The Bertz CT molecular complexity index is 660. The zero-order valence-corrected chi connectivity index (χ0v) is 12.4. The Hall–Kier alpha value is -2.21. The van der Waals surface area contributed by atoms with Crippen molar-refractivity contribution in [2.24, 2.45) is 0 Å². The molecule has 0 aliphatic carbocycles. The van der Waals surface area contributed by atoms with E-state index in [0.29, 0.717) is 11.7 Å². The third kappa shape index (κ3) is 2.39. The van der Waals surface area contributed by atoms with Crippen LogP contribution in [0.3, 0.4) is 0 Å². The quantitative estimate of drug-likeness (QED) is 0.910. The predicted octanol–water partition coefficient (Wildman–Crippen LogP) is 1.39. The maximum absolute atomic E-state index is 12.8. The highest BCUT2D eigenvalue weighted by Gasteiger charge is 2.33. The lowest BCUT2D eigenvalue weighted by Crippen LogP contribution is -2.41. The number of piperidine rings is 1. The zero-order valence-electron chi connectivity index (χ0n) is 12.4. The van der Waals surface area contributed by atoms with E-state index < -0.39 is 0 Å². The molecule has 2 aromatic heterocycles. The first-order valence-electron chi connectivity index (χ1n) is 7.81. The number of amides is 1. The Morgan fingerprint density at radius 1 is 1.18 bits per heavy atom. The summed E-state index contributed by atoms with van der Waals surface area (Å²) in [6.07, 6.45) is 3.88. The molecule has 1 amide bonds. The molecule has 0 aromatic carbocycles. The molecule has 6 nitrogen and oxygen atoms in total. The molecule has 2 aromatic rings. The van der Waals surface area contributed by atoms with Crippen LogP contribution in [-0.4, -0.2) is 63.1 Å². The van der Waals surface area contributed by atoms with Crippen molar-refractivity contribution >= 4 is 5.91 Å². The van der Waals surface area contributed by atoms with Gasteiger partial charge in [0.25, 0.3) is 5.91 Å². The molecule has 3 fully saturated rings. The summed E-state index contributed by atoms with van der Waals surface area (Å²) in [5.74, 6) is 0.0344. The molecule has 1 N–H and O–H groups in total. The van der Waals surface area contributed by atoms with Gasteiger partial charge in [0.1, 0.15) is 0 Å². The normalized spacial score (nSPS) is 24.3. The number of aromatic nitrogens is 3. The maximum Gasteiger partial charge on any atom is 0.274 e. The van der Waals surface area contributed by atoms with Crippen LogP contribution in [-0.2, 0) is 0 Å².